The molecule has 0 aliphatic carbocycles. The number of alkyl carbamates (subject to hydrolysis) is 1. The van der Waals surface area contributed by atoms with Crippen LogP contribution in [0.1, 0.15) is 40.2 Å². The molecule has 0 fully saturated rings. The molecule has 0 unspecified atom stereocenters. The second-order valence-electron chi connectivity index (χ2n) is 6.83. The van der Waals surface area contributed by atoms with Gasteiger partial charge in [0.15, 0.2) is 0 Å². The second kappa shape index (κ2) is 7.66. The molecule has 0 heterocycles. The van der Waals surface area contributed by atoms with E-state index in [1.165, 1.54) is 0 Å². The maximum atomic E-state index is 11.7. The van der Waals surface area contributed by atoms with Crippen LogP contribution in [0.2, 0.25) is 5.02 Å². The number of amides is 1. The summed E-state index contributed by atoms with van der Waals surface area (Å²) in [6, 6.07) is 5.79. The number of hydrogen-bond donors (Lipinski definition) is 2. The Hall–Kier alpha value is -0.780. The van der Waals surface area contributed by atoms with E-state index in [0.29, 0.717) is 18.1 Å². The van der Waals surface area contributed by atoms with Gasteiger partial charge in [-0.25, -0.2) is 4.79 Å². The number of benzene rings is 1. The van der Waals surface area contributed by atoms with Gasteiger partial charge in [-0.05, 0) is 52.3 Å². The molecular weight excluding hydrogens is 368 g/mol. The molecule has 4 nitrogen and oxygen atoms in total. The molecule has 1 aromatic carbocycles. The van der Waals surface area contributed by atoms with E-state index in [9.17, 15) is 4.79 Å². The lowest BCUT2D eigenvalue weighted by Crippen LogP contribution is -2.49. The molecule has 1 aromatic rings. The fraction of sp³-hybridized carbons (Fsp3) is 0.562. The van der Waals surface area contributed by atoms with Crippen LogP contribution in [-0.2, 0) is 11.3 Å². The Morgan fingerprint density at radius 1 is 1.27 bits per heavy atom. The van der Waals surface area contributed by atoms with Crippen LogP contribution in [0.15, 0.2) is 22.7 Å². The van der Waals surface area contributed by atoms with Crippen molar-refractivity contribution < 1.29 is 9.53 Å². The first-order valence-corrected chi connectivity index (χ1v) is 8.31. The van der Waals surface area contributed by atoms with Gasteiger partial charge in [0.1, 0.15) is 5.60 Å². The van der Waals surface area contributed by atoms with Gasteiger partial charge in [0.2, 0.25) is 0 Å². The monoisotopic (exact) mass is 390 g/mol. The Kier molecular flexibility index (Phi) is 6.71. The van der Waals surface area contributed by atoms with E-state index in [1.807, 2.05) is 52.8 Å². The third kappa shape index (κ3) is 7.47. The molecule has 1 amide bonds. The molecule has 2 N–H and O–H groups in total. The minimum atomic E-state index is -0.493. The van der Waals surface area contributed by atoms with Gasteiger partial charge >= 0.3 is 6.09 Å². The highest BCUT2D eigenvalue weighted by Gasteiger charge is 2.21. The molecule has 0 saturated heterocycles. The topological polar surface area (TPSA) is 50.4 Å². The van der Waals surface area contributed by atoms with Gasteiger partial charge in [0, 0.05) is 28.1 Å². The number of ether oxygens (including phenoxy) is 1. The number of nitrogens with one attached hydrogen (secondary N) is 2. The smallest absolute Gasteiger partial charge is 0.407 e. The van der Waals surface area contributed by atoms with E-state index in [-0.39, 0.29) is 5.54 Å². The highest BCUT2D eigenvalue weighted by Crippen LogP contribution is 2.21. The van der Waals surface area contributed by atoms with Gasteiger partial charge < -0.3 is 15.4 Å². The van der Waals surface area contributed by atoms with Crippen LogP contribution in [0.3, 0.4) is 0 Å². The van der Waals surface area contributed by atoms with E-state index >= 15 is 0 Å². The van der Waals surface area contributed by atoms with Gasteiger partial charge in [-0.3, -0.25) is 0 Å². The fourth-order valence-corrected chi connectivity index (χ4v) is 2.41. The van der Waals surface area contributed by atoms with Crippen LogP contribution in [0.25, 0.3) is 0 Å². The molecule has 0 bridgehead atoms. The summed E-state index contributed by atoms with van der Waals surface area (Å²) in [5.41, 5.74) is 0.232. The van der Waals surface area contributed by atoms with Crippen molar-refractivity contribution >= 4 is 33.6 Å². The predicted octanol–water partition coefficient (Wildman–Crippen LogP) is 4.50. The number of carbonyl (C=O) groups excluding carboxylic acids is 1. The lowest BCUT2D eigenvalue weighted by molar-refractivity contribution is 0.0513. The first-order chi connectivity index (χ1) is 9.98. The lowest BCUT2D eigenvalue weighted by atomic mass is 10.1. The number of hydrogen-bond acceptors (Lipinski definition) is 3. The SMILES string of the molecule is CC(C)(CNC(=O)OC(C)(C)C)NCc1ccc(Br)cc1Cl. The van der Waals surface area contributed by atoms with Crippen LogP contribution in [0.4, 0.5) is 4.79 Å². The minimum Gasteiger partial charge on any atom is -0.444 e. The zero-order valence-electron chi connectivity index (χ0n) is 13.7. The molecule has 6 heteroatoms. The van der Waals surface area contributed by atoms with E-state index in [4.69, 9.17) is 16.3 Å². The van der Waals surface area contributed by atoms with Gasteiger partial charge in [-0.15, -0.1) is 0 Å². The molecule has 0 atom stereocenters. The third-order valence-corrected chi connectivity index (χ3v) is 3.69. The first-order valence-electron chi connectivity index (χ1n) is 7.14. The maximum Gasteiger partial charge on any atom is 0.407 e. The Labute approximate surface area is 146 Å². The Morgan fingerprint density at radius 2 is 1.91 bits per heavy atom. The molecule has 0 aliphatic heterocycles. The highest BCUT2D eigenvalue weighted by atomic mass is 79.9. The van der Waals surface area contributed by atoms with Crippen molar-refractivity contribution in [3.05, 3.63) is 33.3 Å². The fourth-order valence-electron chi connectivity index (χ4n) is 1.67. The summed E-state index contributed by atoms with van der Waals surface area (Å²) in [5.74, 6) is 0. The average molecular weight is 392 g/mol. The minimum absolute atomic E-state index is 0.284. The van der Waals surface area contributed by atoms with Crippen molar-refractivity contribution in [3.8, 4) is 0 Å². The van der Waals surface area contributed by atoms with E-state index in [1.54, 1.807) is 0 Å². The summed E-state index contributed by atoms with van der Waals surface area (Å²) < 4.78 is 6.18. The molecule has 1 rings (SSSR count). The largest absolute Gasteiger partial charge is 0.444 e. The lowest BCUT2D eigenvalue weighted by Gasteiger charge is -2.28. The standard InChI is InChI=1S/C16H24BrClN2O2/c1-15(2,3)22-14(21)19-10-16(4,5)20-9-11-6-7-12(17)8-13(11)18/h6-8,20H,9-10H2,1-5H3,(H,19,21). The molecule has 0 spiro atoms. The van der Waals surface area contributed by atoms with Crippen molar-refractivity contribution in [3.63, 3.8) is 0 Å². The molecule has 22 heavy (non-hydrogen) atoms. The van der Waals surface area contributed by atoms with Crippen molar-refractivity contribution in [1.82, 2.24) is 10.6 Å². The number of halogens is 2. The summed E-state index contributed by atoms with van der Waals surface area (Å²) in [6.07, 6.45) is -0.413. The molecule has 124 valence electrons. The zero-order chi connectivity index (χ0) is 17.0. The van der Waals surface area contributed by atoms with Crippen molar-refractivity contribution in [2.45, 2.75) is 52.3 Å². The van der Waals surface area contributed by atoms with Gasteiger partial charge in [0.05, 0.1) is 0 Å². The number of carbonyl (C=O) groups is 1. The summed E-state index contributed by atoms with van der Waals surface area (Å²) in [6.45, 7) is 10.6. The third-order valence-electron chi connectivity index (χ3n) is 2.85. The van der Waals surface area contributed by atoms with Crippen molar-refractivity contribution in [2.24, 2.45) is 0 Å². The van der Waals surface area contributed by atoms with Crippen LogP contribution < -0.4 is 10.6 Å². The first kappa shape index (κ1) is 19.3. The number of rotatable bonds is 5. The molecular formula is C16H24BrClN2O2. The van der Waals surface area contributed by atoms with Crippen LogP contribution in [-0.4, -0.2) is 23.8 Å². The van der Waals surface area contributed by atoms with Crippen molar-refractivity contribution in [2.75, 3.05) is 6.54 Å². The van der Waals surface area contributed by atoms with Gasteiger partial charge in [-0.2, -0.15) is 0 Å². The van der Waals surface area contributed by atoms with E-state index in [0.717, 1.165) is 10.0 Å². The van der Waals surface area contributed by atoms with Gasteiger partial charge in [0.25, 0.3) is 0 Å². The quantitative estimate of drug-likeness (QED) is 0.777. The van der Waals surface area contributed by atoms with Crippen LogP contribution >= 0.6 is 27.5 Å². The molecule has 0 saturated carbocycles. The Balaban J connectivity index is 2.48. The second-order valence-corrected chi connectivity index (χ2v) is 8.15. The highest BCUT2D eigenvalue weighted by molar-refractivity contribution is 9.10. The molecule has 0 aromatic heterocycles. The summed E-state index contributed by atoms with van der Waals surface area (Å²) in [4.78, 5) is 11.7. The molecule has 0 aliphatic rings. The van der Waals surface area contributed by atoms with E-state index < -0.39 is 11.7 Å². The normalized spacial score (nSPS) is 12.1. The Morgan fingerprint density at radius 3 is 2.45 bits per heavy atom. The summed E-state index contributed by atoms with van der Waals surface area (Å²) in [7, 11) is 0. The summed E-state index contributed by atoms with van der Waals surface area (Å²) >= 11 is 9.58. The van der Waals surface area contributed by atoms with Crippen molar-refractivity contribution in [1.29, 1.82) is 0 Å². The summed E-state index contributed by atoms with van der Waals surface area (Å²) in [5, 5.41) is 6.87. The van der Waals surface area contributed by atoms with Crippen LogP contribution in [0, 0.1) is 0 Å². The van der Waals surface area contributed by atoms with Crippen LogP contribution in [0.5, 0.6) is 0 Å². The van der Waals surface area contributed by atoms with Gasteiger partial charge in [-0.1, -0.05) is 33.6 Å². The molecule has 0 radical (unpaired) electrons. The Bertz CT molecular complexity index is 527. The van der Waals surface area contributed by atoms with E-state index in [2.05, 4.69) is 26.6 Å². The maximum absolute atomic E-state index is 11.7. The predicted molar refractivity (Wildman–Crippen MR) is 94.3 cm³/mol. The average Bonchev–Trinajstić information content (AvgIpc) is 2.33. The zero-order valence-corrected chi connectivity index (χ0v) is 16.1.